The van der Waals surface area contributed by atoms with E-state index in [0.29, 0.717) is 18.5 Å². The zero-order chi connectivity index (χ0) is 18.7. The third-order valence-electron chi connectivity index (χ3n) is 4.42. The van der Waals surface area contributed by atoms with Gasteiger partial charge in [-0.3, -0.25) is 14.6 Å². The number of morpholine rings is 1. The number of halogens is 1. The fraction of sp³-hybridized carbons (Fsp3) is 0.316. The lowest BCUT2D eigenvalue weighted by Crippen LogP contribution is -2.58. The summed E-state index contributed by atoms with van der Waals surface area (Å²) in [6.45, 7) is 2.28. The van der Waals surface area contributed by atoms with E-state index >= 15 is 0 Å². The van der Waals surface area contributed by atoms with Crippen LogP contribution in [0.5, 0.6) is 0 Å². The smallest absolute Gasteiger partial charge is 0.255 e. The molecule has 1 unspecified atom stereocenters. The molecule has 0 spiro atoms. The number of primary amides is 1. The molecule has 6 nitrogen and oxygen atoms in total. The van der Waals surface area contributed by atoms with E-state index in [4.69, 9.17) is 10.5 Å². The van der Waals surface area contributed by atoms with Gasteiger partial charge >= 0.3 is 0 Å². The first-order valence-electron chi connectivity index (χ1n) is 8.29. The second-order valence-corrected chi connectivity index (χ2v) is 6.56. The van der Waals surface area contributed by atoms with E-state index < -0.39 is 11.5 Å². The zero-order valence-corrected chi connectivity index (χ0v) is 14.4. The molecular formula is C19H20FN3O3. The minimum atomic E-state index is -1.19. The molecule has 0 aliphatic carbocycles. The first-order valence-corrected chi connectivity index (χ1v) is 8.29. The first-order chi connectivity index (χ1) is 12.4. The summed E-state index contributed by atoms with van der Waals surface area (Å²) in [7, 11) is 0. The van der Waals surface area contributed by atoms with E-state index in [-0.39, 0.29) is 24.9 Å². The number of carbonyl (C=O) groups is 2. The van der Waals surface area contributed by atoms with E-state index in [1.54, 1.807) is 25.3 Å². The van der Waals surface area contributed by atoms with Gasteiger partial charge in [-0.15, -0.1) is 0 Å². The Hall–Kier alpha value is -2.80. The Kier molecular flexibility index (Phi) is 4.99. The minimum absolute atomic E-state index is 0.0926. The molecular weight excluding hydrogens is 337 g/mol. The van der Waals surface area contributed by atoms with Gasteiger partial charge in [0.2, 0.25) is 0 Å². The Balaban J connectivity index is 1.77. The van der Waals surface area contributed by atoms with Gasteiger partial charge in [-0.25, -0.2) is 4.39 Å². The van der Waals surface area contributed by atoms with Gasteiger partial charge in [0.25, 0.3) is 11.8 Å². The monoisotopic (exact) mass is 357 g/mol. The van der Waals surface area contributed by atoms with Crippen LogP contribution < -0.4 is 5.73 Å². The summed E-state index contributed by atoms with van der Waals surface area (Å²) in [4.78, 5) is 30.0. The number of rotatable bonds is 4. The maximum atomic E-state index is 13.3. The third kappa shape index (κ3) is 3.88. The Bertz CT molecular complexity index is 842. The maximum Gasteiger partial charge on any atom is 0.255 e. The quantitative estimate of drug-likeness (QED) is 0.899. The molecule has 26 heavy (non-hydrogen) atoms. The van der Waals surface area contributed by atoms with Crippen molar-refractivity contribution < 1.29 is 18.7 Å². The van der Waals surface area contributed by atoms with Gasteiger partial charge in [-0.05, 0) is 42.7 Å². The van der Waals surface area contributed by atoms with E-state index in [1.807, 2.05) is 6.07 Å². The van der Waals surface area contributed by atoms with Crippen LogP contribution in [0, 0.1) is 5.82 Å². The molecule has 1 aliphatic heterocycles. The van der Waals surface area contributed by atoms with Gasteiger partial charge in [0, 0.05) is 18.9 Å². The third-order valence-corrected chi connectivity index (χ3v) is 4.42. The highest BCUT2D eigenvalue weighted by molar-refractivity contribution is 5.95. The fourth-order valence-corrected chi connectivity index (χ4v) is 2.96. The van der Waals surface area contributed by atoms with Crippen molar-refractivity contribution in [1.29, 1.82) is 0 Å². The molecule has 1 atom stereocenters. The molecule has 2 aromatic rings. The number of pyridine rings is 1. The molecule has 2 amide bonds. The number of aromatic nitrogens is 1. The van der Waals surface area contributed by atoms with Gasteiger partial charge in [0.05, 0.1) is 18.7 Å². The number of ether oxygens (including phenoxy) is 1. The minimum Gasteiger partial charge on any atom is -0.367 e. The SMILES string of the molecule is CC1(C(N)=O)CN(C(=O)c2cncc(Cc3cccc(F)c3)c2)CCO1. The van der Waals surface area contributed by atoms with Crippen molar-refractivity contribution >= 4 is 11.8 Å². The molecule has 1 aromatic carbocycles. The van der Waals surface area contributed by atoms with Crippen LogP contribution in [0.25, 0.3) is 0 Å². The number of hydrogen-bond donors (Lipinski definition) is 1. The van der Waals surface area contributed by atoms with Crippen molar-refractivity contribution in [2.24, 2.45) is 5.73 Å². The van der Waals surface area contributed by atoms with Crippen LogP contribution in [0.4, 0.5) is 4.39 Å². The van der Waals surface area contributed by atoms with E-state index in [1.165, 1.54) is 23.2 Å². The summed E-state index contributed by atoms with van der Waals surface area (Å²) in [5.74, 6) is -1.15. The molecule has 3 rings (SSSR count). The van der Waals surface area contributed by atoms with Gasteiger partial charge in [0.15, 0.2) is 5.60 Å². The molecule has 0 radical (unpaired) electrons. The summed E-state index contributed by atoms with van der Waals surface area (Å²) in [6.07, 6.45) is 3.59. The zero-order valence-electron chi connectivity index (χ0n) is 14.4. The van der Waals surface area contributed by atoms with E-state index in [9.17, 15) is 14.0 Å². The first kappa shape index (κ1) is 18.0. The lowest BCUT2D eigenvalue weighted by atomic mass is 10.0. The number of nitrogens with zero attached hydrogens (tertiary/aromatic N) is 2. The summed E-state index contributed by atoms with van der Waals surface area (Å²) >= 11 is 0. The summed E-state index contributed by atoms with van der Waals surface area (Å²) in [6, 6.07) is 8.03. The topological polar surface area (TPSA) is 85.5 Å². The Morgan fingerprint density at radius 1 is 1.31 bits per heavy atom. The Labute approximate surface area is 150 Å². The second-order valence-electron chi connectivity index (χ2n) is 6.56. The number of amides is 2. The van der Waals surface area contributed by atoms with Gasteiger partial charge in [-0.1, -0.05) is 12.1 Å². The van der Waals surface area contributed by atoms with Crippen LogP contribution >= 0.6 is 0 Å². The Morgan fingerprint density at radius 3 is 2.85 bits per heavy atom. The largest absolute Gasteiger partial charge is 0.367 e. The van der Waals surface area contributed by atoms with Crippen LogP contribution in [0.1, 0.15) is 28.4 Å². The highest BCUT2D eigenvalue weighted by Gasteiger charge is 2.39. The lowest BCUT2D eigenvalue weighted by molar-refractivity contribution is -0.150. The molecule has 1 saturated heterocycles. The van der Waals surface area contributed by atoms with Gasteiger partial charge < -0.3 is 15.4 Å². The molecule has 1 aliphatic rings. The molecule has 2 heterocycles. The van der Waals surface area contributed by atoms with Crippen molar-refractivity contribution in [3.8, 4) is 0 Å². The number of carbonyl (C=O) groups excluding carboxylic acids is 2. The molecule has 7 heteroatoms. The standard InChI is InChI=1S/C19H20FN3O3/c1-19(18(21)25)12-23(5-6-26-19)17(24)15-8-14(10-22-11-15)7-13-3-2-4-16(20)9-13/h2-4,8-11H,5-7,12H2,1H3,(H2,21,25). The van der Waals surface area contributed by atoms with Gasteiger partial charge in [-0.2, -0.15) is 0 Å². The predicted molar refractivity (Wildman–Crippen MR) is 92.9 cm³/mol. The summed E-state index contributed by atoms with van der Waals surface area (Å²) in [5.41, 5.74) is 6.19. The summed E-state index contributed by atoms with van der Waals surface area (Å²) < 4.78 is 18.8. The number of hydrogen-bond acceptors (Lipinski definition) is 4. The average Bonchev–Trinajstić information content (AvgIpc) is 2.61. The van der Waals surface area contributed by atoms with Crippen LogP contribution in [0.15, 0.2) is 42.7 Å². The molecule has 0 saturated carbocycles. The van der Waals surface area contributed by atoms with Crippen LogP contribution in [0.3, 0.4) is 0 Å². The fourth-order valence-electron chi connectivity index (χ4n) is 2.96. The molecule has 1 aromatic heterocycles. The highest BCUT2D eigenvalue weighted by atomic mass is 19.1. The Morgan fingerprint density at radius 2 is 2.12 bits per heavy atom. The van der Waals surface area contributed by atoms with Crippen molar-refractivity contribution in [2.45, 2.75) is 18.9 Å². The van der Waals surface area contributed by atoms with Crippen molar-refractivity contribution in [3.63, 3.8) is 0 Å². The lowest BCUT2D eigenvalue weighted by Gasteiger charge is -2.38. The van der Waals surface area contributed by atoms with E-state index in [2.05, 4.69) is 4.98 Å². The van der Waals surface area contributed by atoms with Crippen LogP contribution in [0.2, 0.25) is 0 Å². The van der Waals surface area contributed by atoms with Crippen molar-refractivity contribution in [2.75, 3.05) is 19.7 Å². The van der Waals surface area contributed by atoms with Crippen molar-refractivity contribution in [1.82, 2.24) is 9.88 Å². The molecule has 1 fully saturated rings. The highest BCUT2D eigenvalue weighted by Crippen LogP contribution is 2.20. The number of benzene rings is 1. The number of nitrogens with two attached hydrogens (primary N) is 1. The van der Waals surface area contributed by atoms with Crippen LogP contribution in [-0.2, 0) is 16.0 Å². The molecule has 2 N–H and O–H groups in total. The molecule has 0 bridgehead atoms. The second kappa shape index (κ2) is 7.21. The molecule has 136 valence electrons. The normalized spacial score (nSPS) is 20.0. The maximum absolute atomic E-state index is 13.3. The van der Waals surface area contributed by atoms with Gasteiger partial charge in [0.1, 0.15) is 5.82 Å². The van der Waals surface area contributed by atoms with Crippen molar-refractivity contribution in [3.05, 3.63) is 65.2 Å². The van der Waals surface area contributed by atoms with Crippen LogP contribution in [-0.4, -0.2) is 47.0 Å². The average molecular weight is 357 g/mol. The summed E-state index contributed by atoms with van der Waals surface area (Å²) in [5, 5.41) is 0. The van der Waals surface area contributed by atoms with E-state index in [0.717, 1.165) is 11.1 Å². The predicted octanol–water partition coefficient (Wildman–Crippen LogP) is 1.53.